The standard InChI is InChI=1S/C28H25N7OS/c1-28(2,3)12-23(36)30-18-11-17(13-29-14-18)20-7-8-22-25(31-20)26(35-34-22)27-32-21-6-4-5-19(24(21)33-27)16-9-10-37-15-16/h4-11,13-15H,12H2,1-3H3,(H,30,36)(H,32,33)(H,34,35). The highest BCUT2D eigenvalue weighted by Crippen LogP contribution is 2.32. The minimum absolute atomic E-state index is 0.0429. The number of aromatic nitrogens is 6. The zero-order valence-corrected chi connectivity index (χ0v) is 21.5. The quantitative estimate of drug-likeness (QED) is 0.241. The Balaban J connectivity index is 1.36. The number of thiophene rings is 1. The Morgan fingerprint density at radius 3 is 2.70 bits per heavy atom. The Morgan fingerprint density at radius 2 is 1.89 bits per heavy atom. The molecule has 0 saturated carbocycles. The van der Waals surface area contributed by atoms with Gasteiger partial charge in [-0.2, -0.15) is 16.4 Å². The number of benzene rings is 1. The number of amides is 1. The van der Waals surface area contributed by atoms with Gasteiger partial charge < -0.3 is 10.3 Å². The van der Waals surface area contributed by atoms with Crippen molar-refractivity contribution in [1.29, 1.82) is 0 Å². The average Bonchev–Trinajstić information content (AvgIpc) is 3.61. The molecule has 0 aliphatic carbocycles. The number of fused-ring (bicyclic) bond motifs is 2. The van der Waals surface area contributed by atoms with Gasteiger partial charge in [0.15, 0.2) is 11.5 Å². The van der Waals surface area contributed by atoms with Crippen LogP contribution in [0.5, 0.6) is 0 Å². The molecule has 0 spiro atoms. The normalized spacial score (nSPS) is 11.9. The van der Waals surface area contributed by atoms with Gasteiger partial charge in [0.05, 0.1) is 34.1 Å². The molecule has 1 aromatic carbocycles. The number of pyridine rings is 2. The molecule has 0 saturated heterocycles. The number of hydrogen-bond acceptors (Lipinski definition) is 6. The maximum absolute atomic E-state index is 12.4. The summed E-state index contributed by atoms with van der Waals surface area (Å²) in [5.74, 6) is 0.605. The molecule has 0 atom stereocenters. The van der Waals surface area contributed by atoms with E-state index in [1.807, 2.05) is 51.1 Å². The number of H-pyrrole nitrogens is 2. The Morgan fingerprint density at radius 1 is 1.00 bits per heavy atom. The van der Waals surface area contributed by atoms with E-state index in [4.69, 9.17) is 9.97 Å². The number of aromatic amines is 2. The molecule has 9 heteroatoms. The summed E-state index contributed by atoms with van der Waals surface area (Å²) in [5.41, 5.74) is 8.27. The Hall–Kier alpha value is -4.37. The van der Waals surface area contributed by atoms with Crippen molar-refractivity contribution in [2.45, 2.75) is 27.2 Å². The highest BCUT2D eigenvalue weighted by Gasteiger charge is 2.18. The van der Waals surface area contributed by atoms with Crippen LogP contribution in [0.2, 0.25) is 0 Å². The van der Waals surface area contributed by atoms with Crippen LogP contribution in [0.3, 0.4) is 0 Å². The van der Waals surface area contributed by atoms with Gasteiger partial charge in [0.25, 0.3) is 0 Å². The lowest BCUT2D eigenvalue weighted by Gasteiger charge is -2.17. The number of rotatable bonds is 5. The van der Waals surface area contributed by atoms with Gasteiger partial charge in [0.2, 0.25) is 5.91 Å². The maximum atomic E-state index is 12.4. The molecule has 6 aromatic rings. The Bertz CT molecular complexity index is 1740. The summed E-state index contributed by atoms with van der Waals surface area (Å²) in [7, 11) is 0. The van der Waals surface area contributed by atoms with Gasteiger partial charge >= 0.3 is 0 Å². The van der Waals surface area contributed by atoms with Crippen LogP contribution in [-0.2, 0) is 4.79 Å². The molecular formula is C28H25N7OS. The molecule has 0 aliphatic heterocycles. The summed E-state index contributed by atoms with van der Waals surface area (Å²) >= 11 is 1.66. The number of carbonyl (C=O) groups is 1. The molecule has 1 amide bonds. The lowest BCUT2D eigenvalue weighted by atomic mass is 9.92. The second-order valence-electron chi connectivity index (χ2n) is 10.2. The van der Waals surface area contributed by atoms with Gasteiger partial charge in [-0.1, -0.05) is 32.9 Å². The smallest absolute Gasteiger partial charge is 0.224 e. The molecule has 184 valence electrons. The van der Waals surface area contributed by atoms with E-state index in [2.05, 4.69) is 48.4 Å². The number of anilines is 1. The number of nitrogens with one attached hydrogen (secondary N) is 3. The fourth-order valence-corrected chi connectivity index (χ4v) is 5.01. The van der Waals surface area contributed by atoms with Crippen molar-refractivity contribution in [1.82, 2.24) is 30.1 Å². The first-order valence-electron chi connectivity index (χ1n) is 12.0. The van der Waals surface area contributed by atoms with Gasteiger partial charge in [0, 0.05) is 23.7 Å². The molecule has 6 rings (SSSR count). The van der Waals surface area contributed by atoms with Gasteiger partial charge in [-0.15, -0.1) is 0 Å². The zero-order chi connectivity index (χ0) is 25.6. The van der Waals surface area contributed by atoms with Crippen molar-refractivity contribution in [2.75, 3.05) is 5.32 Å². The number of para-hydroxylation sites is 1. The summed E-state index contributed by atoms with van der Waals surface area (Å²) in [5, 5.41) is 14.7. The summed E-state index contributed by atoms with van der Waals surface area (Å²) < 4.78 is 0. The molecule has 0 radical (unpaired) electrons. The van der Waals surface area contributed by atoms with Crippen molar-refractivity contribution < 1.29 is 4.79 Å². The summed E-state index contributed by atoms with van der Waals surface area (Å²) in [6.45, 7) is 6.11. The highest BCUT2D eigenvalue weighted by atomic mass is 32.1. The van der Waals surface area contributed by atoms with E-state index in [9.17, 15) is 4.79 Å². The van der Waals surface area contributed by atoms with Gasteiger partial charge in [-0.05, 0) is 52.1 Å². The highest BCUT2D eigenvalue weighted by molar-refractivity contribution is 7.08. The molecule has 8 nitrogen and oxygen atoms in total. The molecular weight excluding hydrogens is 482 g/mol. The summed E-state index contributed by atoms with van der Waals surface area (Å²) in [6, 6.07) is 14.0. The van der Waals surface area contributed by atoms with E-state index >= 15 is 0 Å². The van der Waals surface area contributed by atoms with Crippen LogP contribution in [0.15, 0.2) is 65.6 Å². The van der Waals surface area contributed by atoms with E-state index in [0.717, 1.165) is 38.9 Å². The van der Waals surface area contributed by atoms with Crippen molar-refractivity contribution in [3.05, 3.63) is 65.6 Å². The molecule has 5 heterocycles. The fourth-order valence-electron chi connectivity index (χ4n) is 4.36. The van der Waals surface area contributed by atoms with Crippen LogP contribution in [0.25, 0.3) is 56.0 Å². The summed E-state index contributed by atoms with van der Waals surface area (Å²) in [4.78, 5) is 30.0. The molecule has 3 N–H and O–H groups in total. The van der Waals surface area contributed by atoms with Crippen LogP contribution < -0.4 is 5.32 Å². The van der Waals surface area contributed by atoms with Crippen molar-refractivity contribution in [3.63, 3.8) is 0 Å². The minimum Gasteiger partial charge on any atom is -0.336 e. The molecule has 37 heavy (non-hydrogen) atoms. The number of imidazole rings is 1. The predicted octanol–water partition coefficient (Wildman–Crippen LogP) is 6.67. The monoisotopic (exact) mass is 507 g/mol. The van der Waals surface area contributed by atoms with E-state index in [1.165, 1.54) is 0 Å². The SMILES string of the molecule is CC(C)(C)CC(=O)Nc1cncc(-c2ccc3[nH]nc(-c4nc5c(-c6ccsc6)cccc5[nH]4)c3n2)c1. The largest absolute Gasteiger partial charge is 0.336 e. The third kappa shape index (κ3) is 4.61. The third-order valence-electron chi connectivity index (χ3n) is 5.99. The van der Waals surface area contributed by atoms with Gasteiger partial charge in [-0.25, -0.2) is 9.97 Å². The molecule has 0 bridgehead atoms. The number of nitrogens with zero attached hydrogens (tertiary/aromatic N) is 4. The van der Waals surface area contributed by atoms with Crippen molar-refractivity contribution in [3.8, 4) is 33.9 Å². The van der Waals surface area contributed by atoms with Gasteiger partial charge in [0.1, 0.15) is 5.52 Å². The second kappa shape index (κ2) is 8.94. The third-order valence-corrected chi connectivity index (χ3v) is 6.67. The van der Waals surface area contributed by atoms with Crippen LogP contribution in [0.4, 0.5) is 5.69 Å². The first-order valence-corrected chi connectivity index (χ1v) is 12.9. The zero-order valence-electron chi connectivity index (χ0n) is 20.7. The van der Waals surface area contributed by atoms with Gasteiger partial charge in [-0.3, -0.25) is 14.9 Å². The van der Waals surface area contributed by atoms with Crippen LogP contribution in [0, 0.1) is 5.41 Å². The van der Waals surface area contributed by atoms with E-state index in [1.54, 1.807) is 23.7 Å². The Kier molecular flexibility index (Phi) is 5.57. The topological polar surface area (TPSA) is 112 Å². The Labute approximate surface area is 217 Å². The van der Waals surface area contributed by atoms with Crippen molar-refractivity contribution in [2.24, 2.45) is 5.41 Å². The fraction of sp³-hybridized carbons (Fsp3) is 0.179. The van der Waals surface area contributed by atoms with E-state index in [0.29, 0.717) is 29.1 Å². The van der Waals surface area contributed by atoms with Crippen LogP contribution >= 0.6 is 11.3 Å². The second-order valence-corrected chi connectivity index (χ2v) is 11.0. The van der Waals surface area contributed by atoms with Crippen molar-refractivity contribution >= 4 is 45.0 Å². The van der Waals surface area contributed by atoms with E-state index in [-0.39, 0.29) is 11.3 Å². The minimum atomic E-state index is -0.0967. The molecule has 5 aromatic heterocycles. The predicted molar refractivity (Wildman–Crippen MR) is 148 cm³/mol. The van der Waals surface area contributed by atoms with Crippen LogP contribution in [-0.4, -0.2) is 36.0 Å². The first kappa shape index (κ1) is 23.1. The molecule has 0 aliphatic rings. The maximum Gasteiger partial charge on any atom is 0.224 e. The van der Waals surface area contributed by atoms with Crippen LogP contribution in [0.1, 0.15) is 27.2 Å². The lowest BCUT2D eigenvalue weighted by molar-refractivity contribution is -0.117. The summed E-state index contributed by atoms with van der Waals surface area (Å²) in [6.07, 6.45) is 3.80. The first-order chi connectivity index (χ1) is 17.8. The average molecular weight is 508 g/mol. The number of hydrogen-bond donors (Lipinski definition) is 3. The lowest BCUT2D eigenvalue weighted by Crippen LogP contribution is -2.19. The molecule has 0 fully saturated rings. The number of carbonyl (C=O) groups excluding carboxylic acids is 1. The van der Waals surface area contributed by atoms with E-state index < -0.39 is 0 Å². The molecule has 0 unspecified atom stereocenters.